The van der Waals surface area contributed by atoms with Gasteiger partial charge >= 0.3 is 0 Å². The van der Waals surface area contributed by atoms with Crippen LogP contribution in [-0.2, 0) is 11.2 Å². The molecule has 0 saturated carbocycles. The van der Waals surface area contributed by atoms with Crippen LogP contribution in [0.3, 0.4) is 0 Å². The number of rotatable bonds is 14. The molecule has 0 aromatic heterocycles. The predicted octanol–water partition coefficient (Wildman–Crippen LogP) is 5.84. The van der Waals surface area contributed by atoms with Gasteiger partial charge in [-0.15, -0.1) is 0 Å². The molecule has 0 aliphatic rings. The zero-order valence-corrected chi connectivity index (χ0v) is 19.9. The molecule has 0 aliphatic carbocycles. The zero-order valence-electron chi connectivity index (χ0n) is 19.9. The van der Waals surface area contributed by atoms with Gasteiger partial charge in [0.2, 0.25) is 0 Å². The van der Waals surface area contributed by atoms with Crippen LogP contribution >= 0.6 is 0 Å². The smallest absolute Gasteiger partial charge is 0.127 e. The zero-order chi connectivity index (χ0) is 22.6. The minimum atomic E-state index is -0.0888. The van der Waals surface area contributed by atoms with Crippen molar-refractivity contribution in [2.45, 2.75) is 58.8 Å². The number of carbonyl (C=O) groups excluding carboxylic acids is 1. The molecule has 2 aromatic carbocycles. The SMILES string of the molecule is CCOc1cccc(CCN(C)CCC[C@@H](C=O)c2cccc(OCC)c2C(C)C)c1. The van der Waals surface area contributed by atoms with Gasteiger partial charge in [0, 0.05) is 18.0 Å². The predicted molar refractivity (Wildman–Crippen MR) is 129 cm³/mol. The van der Waals surface area contributed by atoms with Gasteiger partial charge in [0.25, 0.3) is 0 Å². The number of nitrogens with zero attached hydrogens (tertiary/aromatic N) is 1. The number of aldehydes is 1. The van der Waals surface area contributed by atoms with Gasteiger partial charge in [-0.3, -0.25) is 0 Å². The fourth-order valence-corrected chi connectivity index (χ4v) is 4.05. The van der Waals surface area contributed by atoms with Crippen molar-refractivity contribution < 1.29 is 14.3 Å². The third-order valence-electron chi connectivity index (χ3n) is 5.59. The molecule has 0 amide bonds. The van der Waals surface area contributed by atoms with Gasteiger partial charge in [0.1, 0.15) is 17.8 Å². The Morgan fingerprint density at radius 1 is 1.00 bits per heavy atom. The van der Waals surface area contributed by atoms with Crippen molar-refractivity contribution in [3.05, 3.63) is 59.2 Å². The third-order valence-corrected chi connectivity index (χ3v) is 5.59. The highest BCUT2D eigenvalue weighted by molar-refractivity contribution is 5.65. The number of ether oxygens (including phenoxy) is 2. The molecular formula is C27H39NO3. The minimum Gasteiger partial charge on any atom is -0.494 e. The van der Waals surface area contributed by atoms with E-state index in [1.54, 1.807) is 0 Å². The normalized spacial score (nSPS) is 12.2. The number of hydrogen-bond acceptors (Lipinski definition) is 4. The van der Waals surface area contributed by atoms with E-state index >= 15 is 0 Å². The monoisotopic (exact) mass is 425 g/mol. The highest BCUT2D eigenvalue weighted by Crippen LogP contribution is 2.35. The third kappa shape index (κ3) is 7.70. The maximum absolute atomic E-state index is 12.0. The summed E-state index contributed by atoms with van der Waals surface area (Å²) < 4.78 is 11.4. The lowest BCUT2D eigenvalue weighted by Gasteiger charge is -2.22. The van der Waals surface area contributed by atoms with Gasteiger partial charge in [0.15, 0.2) is 0 Å². The van der Waals surface area contributed by atoms with E-state index in [4.69, 9.17) is 9.47 Å². The molecule has 0 unspecified atom stereocenters. The summed E-state index contributed by atoms with van der Waals surface area (Å²) in [6, 6.07) is 14.4. The van der Waals surface area contributed by atoms with Crippen LogP contribution in [0.5, 0.6) is 11.5 Å². The molecule has 2 rings (SSSR count). The van der Waals surface area contributed by atoms with Crippen molar-refractivity contribution in [1.29, 1.82) is 0 Å². The summed E-state index contributed by atoms with van der Waals surface area (Å²) in [7, 11) is 2.15. The van der Waals surface area contributed by atoms with E-state index in [2.05, 4.69) is 50.1 Å². The first kappa shape index (κ1) is 24.9. The Morgan fingerprint density at radius 2 is 1.74 bits per heavy atom. The Kier molecular flexibility index (Phi) is 10.6. The molecule has 31 heavy (non-hydrogen) atoms. The summed E-state index contributed by atoms with van der Waals surface area (Å²) in [5, 5.41) is 0. The van der Waals surface area contributed by atoms with Crippen molar-refractivity contribution in [3.63, 3.8) is 0 Å². The average Bonchev–Trinajstić information content (AvgIpc) is 2.76. The van der Waals surface area contributed by atoms with E-state index in [0.29, 0.717) is 19.1 Å². The van der Waals surface area contributed by atoms with Crippen molar-refractivity contribution in [2.75, 3.05) is 33.4 Å². The first-order valence-corrected chi connectivity index (χ1v) is 11.6. The molecule has 4 nitrogen and oxygen atoms in total. The minimum absolute atomic E-state index is 0.0888. The highest BCUT2D eigenvalue weighted by atomic mass is 16.5. The summed E-state index contributed by atoms with van der Waals surface area (Å²) in [5.41, 5.74) is 3.58. The number of benzene rings is 2. The second-order valence-corrected chi connectivity index (χ2v) is 8.37. The molecule has 0 N–H and O–H groups in total. The maximum atomic E-state index is 12.0. The molecular weight excluding hydrogens is 386 g/mol. The molecule has 0 spiro atoms. The second kappa shape index (κ2) is 13.2. The number of hydrogen-bond donors (Lipinski definition) is 0. The molecule has 0 heterocycles. The fourth-order valence-electron chi connectivity index (χ4n) is 4.05. The van der Waals surface area contributed by atoms with Gasteiger partial charge in [-0.05, 0) is 81.9 Å². The molecule has 170 valence electrons. The van der Waals surface area contributed by atoms with Crippen LogP contribution in [0.2, 0.25) is 0 Å². The lowest BCUT2D eigenvalue weighted by Crippen LogP contribution is -2.23. The van der Waals surface area contributed by atoms with Crippen LogP contribution in [0, 0.1) is 0 Å². The Morgan fingerprint density at radius 3 is 2.42 bits per heavy atom. The first-order chi connectivity index (χ1) is 15.0. The van der Waals surface area contributed by atoms with Gasteiger partial charge in [0.05, 0.1) is 13.2 Å². The average molecular weight is 426 g/mol. The van der Waals surface area contributed by atoms with Gasteiger partial charge in [-0.1, -0.05) is 38.1 Å². The van der Waals surface area contributed by atoms with E-state index in [9.17, 15) is 4.79 Å². The molecule has 0 fully saturated rings. The van der Waals surface area contributed by atoms with Crippen molar-refractivity contribution in [2.24, 2.45) is 0 Å². The highest BCUT2D eigenvalue weighted by Gasteiger charge is 2.20. The van der Waals surface area contributed by atoms with Crippen molar-refractivity contribution >= 4 is 6.29 Å². The molecule has 0 saturated heterocycles. The molecule has 4 heteroatoms. The van der Waals surface area contributed by atoms with Crippen molar-refractivity contribution in [1.82, 2.24) is 4.90 Å². The maximum Gasteiger partial charge on any atom is 0.127 e. The summed E-state index contributed by atoms with van der Waals surface area (Å²) >= 11 is 0. The Hall–Kier alpha value is -2.33. The topological polar surface area (TPSA) is 38.8 Å². The Labute approximate surface area is 188 Å². The standard InChI is InChI=1S/C27H39NO3/c1-6-30-24-13-8-11-22(19-24)16-18-28(5)17-10-12-23(20-29)25-14-9-15-26(31-7-2)27(25)21(3)4/h8-9,11,13-15,19-21,23H,6-7,10,12,16-18H2,1-5H3/t23-/m0/s1. The van der Waals surface area contributed by atoms with E-state index in [-0.39, 0.29) is 5.92 Å². The molecule has 1 atom stereocenters. The number of carbonyl (C=O) groups is 1. The molecule has 0 bridgehead atoms. The van der Waals surface area contributed by atoms with E-state index < -0.39 is 0 Å². The lowest BCUT2D eigenvalue weighted by molar-refractivity contribution is -0.109. The Bertz CT molecular complexity index is 803. The molecule has 2 aromatic rings. The van der Waals surface area contributed by atoms with Crippen LogP contribution in [0.1, 0.15) is 69.1 Å². The van der Waals surface area contributed by atoms with E-state index in [1.807, 2.05) is 32.0 Å². The van der Waals surface area contributed by atoms with Gasteiger partial charge < -0.3 is 19.2 Å². The molecule has 0 radical (unpaired) electrons. The van der Waals surface area contributed by atoms with Crippen LogP contribution < -0.4 is 9.47 Å². The largest absolute Gasteiger partial charge is 0.494 e. The quantitative estimate of drug-likeness (QED) is 0.356. The first-order valence-electron chi connectivity index (χ1n) is 11.6. The van der Waals surface area contributed by atoms with Crippen LogP contribution in [0.4, 0.5) is 0 Å². The van der Waals surface area contributed by atoms with Gasteiger partial charge in [-0.2, -0.15) is 0 Å². The summed E-state index contributed by atoms with van der Waals surface area (Å²) in [4.78, 5) is 14.3. The second-order valence-electron chi connectivity index (χ2n) is 8.37. The fraction of sp³-hybridized carbons (Fsp3) is 0.519. The molecule has 0 aliphatic heterocycles. The summed E-state index contributed by atoms with van der Waals surface area (Å²) in [5.74, 6) is 2.07. The van der Waals surface area contributed by atoms with Crippen LogP contribution in [-0.4, -0.2) is 44.5 Å². The van der Waals surface area contributed by atoms with E-state index in [1.165, 1.54) is 11.1 Å². The lowest BCUT2D eigenvalue weighted by atomic mass is 9.86. The Balaban J connectivity index is 1.91. The van der Waals surface area contributed by atoms with Crippen LogP contribution in [0.15, 0.2) is 42.5 Å². The summed E-state index contributed by atoms with van der Waals surface area (Å²) in [6.07, 6.45) is 3.93. The number of likely N-dealkylation sites (N-methyl/N-ethyl adjacent to an activating group) is 1. The van der Waals surface area contributed by atoms with Crippen LogP contribution in [0.25, 0.3) is 0 Å². The van der Waals surface area contributed by atoms with Crippen molar-refractivity contribution in [3.8, 4) is 11.5 Å². The van der Waals surface area contributed by atoms with Gasteiger partial charge in [-0.25, -0.2) is 0 Å². The summed E-state index contributed by atoms with van der Waals surface area (Å²) in [6.45, 7) is 11.6. The van der Waals surface area contributed by atoms with E-state index in [0.717, 1.165) is 55.7 Å².